The molecule has 0 saturated heterocycles. The predicted octanol–water partition coefficient (Wildman–Crippen LogP) is 0.531. The van der Waals surface area contributed by atoms with E-state index in [1.54, 1.807) is 6.07 Å². The van der Waals surface area contributed by atoms with E-state index in [0.717, 1.165) is 5.56 Å². The number of aryl methyl sites for hydroxylation is 1. The lowest BCUT2D eigenvalue weighted by Gasteiger charge is -2.20. The minimum absolute atomic E-state index is 0.0158. The molecule has 0 fully saturated rings. The summed E-state index contributed by atoms with van der Waals surface area (Å²) in [4.78, 5) is 12.0. The van der Waals surface area contributed by atoms with Gasteiger partial charge in [0.25, 0.3) is 0 Å². The summed E-state index contributed by atoms with van der Waals surface area (Å²) in [6.45, 7) is 3.56. The number of carbonyl (C=O) groups excluding carboxylic acids is 1. The second-order valence-corrected chi connectivity index (χ2v) is 4.13. The highest BCUT2D eigenvalue weighted by molar-refractivity contribution is 5.99. The molecule has 0 bridgehead atoms. The zero-order chi connectivity index (χ0) is 13.0. The van der Waals surface area contributed by atoms with Gasteiger partial charge in [-0.3, -0.25) is 4.79 Å². The molecule has 1 aliphatic heterocycles. The molecule has 98 valence electrons. The molecular weight excluding hydrogens is 234 g/mol. The topological polar surface area (TPSA) is 67.8 Å². The van der Waals surface area contributed by atoms with Gasteiger partial charge in [-0.25, -0.2) is 0 Å². The van der Waals surface area contributed by atoms with Crippen molar-refractivity contribution in [2.45, 2.75) is 6.92 Å². The van der Waals surface area contributed by atoms with Crippen molar-refractivity contribution in [3.05, 3.63) is 23.3 Å². The molecule has 2 N–H and O–H groups in total. The molecular formula is C13H17NO4. The Hall–Kier alpha value is -1.59. The van der Waals surface area contributed by atoms with Crippen LogP contribution in [0.1, 0.15) is 15.9 Å². The van der Waals surface area contributed by atoms with Crippen LogP contribution in [0.2, 0.25) is 0 Å². The van der Waals surface area contributed by atoms with E-state index in [1.807, 2.05) is 13.0 Å². The van der Waals surface area contributed by atoms with E-state index in [4.69, 9.17) is 14.6 Å². The van der Waals surface area contributed by atoms with Crippen LogP contribution < -0.4 is 14.8 Å². The zero-order valence-corrected chi connectivity index (χ0v) is 10.4. The Bertz CT molecular complexity index is 445. The van der Waals surface area contributed by atoms with Gasteiger partial charge >= 0.3 is 0 Å². The van der Waals surface area contributed by atoms with Crippen LogP contribution in [0.5, 0.6) is 11.5 Å². The van der Waals surface area contributed by atoms with Crippen molar-refractivity contribution in [3.8, 4) is 11.5 Å². The zero-order valence-electron chi connectivity index (χ0n) is 10.4. The monoisotopic (exact) mass is 251 g/mol. The SMILES string of the molecule is Cc1cc2c(cc1C(=O)CNCCO)OCCO2. The van der Waals surface area contributed by atoms with Crippen molar-refractivity contribution in [2.24, 2.45) is 0 Å². The number of rotatable bonds is 5. The molecule has 5 nitrogen and oxygen atoms in total. The smallest absolute Gasteiger partial charge is 0.177 e. The Labute approximate surface area is 106 Å². The largest absolute Gasteiger partial charge is 0.486 e. The molecule has 0 saturated carbocycles. The maximum absolute atomic E-state index is 12.0. The summed E-state index contributed by atoms with van der Waals surface area (Å²) < 4.78 is 10.9. The van der Waals surface area contributed by atoms with E-state index in [1.165, 1.54) is 0 Å². The summed E-state index contributed by atoms with van der Waals surface area (Å²) in [6.07, 6.45) is 0. The Kier molecular flexibility index (Phi) is 4.17. The van der Waals surface area contributed by atoms with Gasteiger partial charge in [0.2, 0.25) is 0 Å². The van der Waals surface area contributed by atoms with E-state index >= 15 is 0 Å². The Morgan fingerprint density at radius 1 is 1.33 bits per heavy atom. The summed E-state index contributed by atoms with van der Waals surface area (Å²) in [5.41, 5.74) is 1.50. The lowest BCUT2D eigenvalue weighted by atomic mass is 10.0. The van der Waals surface area contributed by atoms with Crippen LogP contribution in [-0.2, 0) is 0 Å². The van der Waals surface area contributed by atoms with Gasteiger partial charge in [-0.1, -0.05) is 0 Å². The molecule has 5 heteroatoms. The van der Waals surface area contributed by atoms with Crippen LogP contribution in [0.4, 0.5) is 0 Å². The first-order valence-electron chi connectivity index (χ1n) is 5.97. The molecule has 1 heterocycles. The number of nitrogens with one attached hydrogen (secondary N) is 1. The first kappa shape index (κ1) is 12.9. The molecule has 0 amide bonds. The highest BCUT2D eigenvalue weighted by Gasteiger charge is 2.17. The number of ether oxygens (including phenoxy) is 2. The Balaban J connectivity index is 2.14. The molecule has 0 radical (unpaired) electrons. The van der Waals surface area contributed by atoms with Crippen LogP contribution in [0, 0.1) is 6.92 Å². The van der Waals surface area contributed by atoms with E-state index in [9.17, 15) is 4.79 Å². The van der Waals surface area contributed by atoms with Gasteiger partial charge in [0.15, 0.2) is 17.3 Å². The van der Waals surface area contributed by atoms with Gasteiger partial charge in [0.1, 0.15) is 13.2 Å². The van der Waals surface area contributed by atoms with Crippen LogP contribution >= 0.6 is 0 Å². The summed E-state index contributed by atoms with van der Waals surface area (Å²) in [5.74, 6) is 1.30. The minimum Gasteiger partial charge on any atom is -0.486 e. The molecule has 1 aromatic rings. The fourth-order valence-electron chi connectivity index (χ4n) is 1.87. The Morgan fingerprint density at radius 2 is 2.00 bits per heavy atom. The van der Waals surface area contributed by atoms with Crippen molar-refractivity contribution in [3.63, 3.8) is 0 Å². The van der Waals surface area contributed by atoms with Gasteiger partial charge in [0.05, 0.1) is 13.2 Å². The summed E-state index contributed by atoms with van der Waals surface area (Å²) in [5, 5.41) is 11.5. The highest BCUT2D eigenvalue weighted by atomic mass is 16.6. The molecule has 0 spiro atoms. The number of ketones is 1. The van der Waals surface area contributed by atoms with Crippen LogP contribution in [0.25, 0.3) is 0 Å². The van der Waals surface area contributed by atoms with Gasteiger partial charge < -0.3 is 19.9 Å². The number of aliphatic hydroxyl groups is 1. The Morgan fingerprint density at radius 3 is 2.67 bits per heavy atom. The van der Waals surface area contributed by atoms with E-state index in [-0.39, 0.29) is 18.9 Å². The fraction of sp³-hybridized carbons (Fsp3) is 0.462. The second kappa shape index (κ2) is 5.84. The van der Waals surface area contributed by atoms with Crippen LogP contribution in [0.15, 0.2) is 12.1 Å². The van der Waals surface area contributed by atoms with Crippen LogP contribution in [0.3, 0.4) is 0 Å². The third-order valence-electron chi connectivity index (χ3n) is 2.76. The van der Waals surface area contributed by atoms with E-state index in [0.29, 0.717) is 36.8 Å². The third kappa shape index (κ3) is 2.80. The molecule has 0 aromatic heterocycles. The molecule has 0 atom stereocenters. The summed E-state index contributed by atoms with van der Waals surface area (Å²) >= 11 is 0. The summed E-state index contributed by atoms with van der Waals surface area (Å²) in [7, 11) is 0. The normalized spacial score (nSPS) is 13.4. The standard InChI is InChI=1S/C13H17NO4/c1-9-6-12-13(18-5-4-17-12)7-10(9)11(16)8-14-2-3-15/h6-7,14-15H,2-5,8H2,1H3. The van der Waals surface area contributed by atoms with Crippen LogP contribution in [-0.4, -0.2) is 43.8 Å². The van der Waals surface area contributed by atoms with Crippen molar-refractivity contribution >= 4 is 5.78 Å². The molecule has 0 aliphatic carbocycles. The van der Waals surface area contributed by atoms with Crippen molar-refractivity contribution < 1.29 is 19.4 Å². The summed E-state index contributed by atoms with van der Waals surface area (Å²) in [6, 6.07) is 3.56. The second-order valence-electron chi connectivity index (χ2n) is 4.13. The maximum atomic E-state index is 12.0. The van der Waals surface area contributed by atoms with E-state index < -0.39 is 0 Å². The minimum atomic E-state index is -0.0158. The fourth-order valence-corrected chi connectivity index (χ4v) is 1.87. The first-order valence-corrected chi connectivity index (χ1v) is 5.97. The number of Topliss-reactive ketones (excluding diaryl/α,β-unsaturated/α-hetero) is 1. The molecule has 0 unspecified atom stereocenters. The molecule has 1 aromatic carbocycles. The van der Waals surface area contributed by atoms with Crippen molar-refractivity contribution in [1.29, 1.82) is 0 Å². The highest BCUT2D eigenvalue weighted by Crippen LogP contribution is 2.33. The lowest BCUT2D eigenvalue weighted by molar-refractivity contribution is 0.0988. The lowest BCUT2D eigenvalue weighted by Crippen LogP contribution is -2.26. The number of aliphatic hydroxyl groups excluding tert-OH is 1. The van der Waals surface area contributed by atoms with Crippen molar-refractivity contribution in [1.82, 2.24) is 5.32 Å². The molecule has 18 heavy (non-hydrogen) atoms. The molecule has 2 rings (SSSR count). The quantitative estimate of drug-likeness (QED) is 0.590. The number of carbonyl (C=O) groups is 1. The van der Waals surface area contributed by atoms with Gasteiger partial charge in [0, 0.05) is 12.1 Å². The number of hydrogen-bond donors (Lipinski definition) is 2. The first-order chi connectivity index (χ1) is 8.72. The third-order valence-corrected chi connectivity index (χ3v) is 2.76. The number of benzene rings is 1. The average molecular weight is 251 g/mol. The van der Waals surface area contributed by atoms with Gasteiger partial charge in [-0.15, -0.1) is 0 Å². The predicted molar refractivity (Wildman–Crippen MR) is 66.5 cm³/mol. The molecule has 1 aliphatic rings. The average Bonchev–Trinajstić information content (AvgIpc) is 2.38. The number of fused-ring (bicyclic) bond motifs is 1. The van der Waals surface area contributed by atoms with Gasteiger partial charge in [-0.05, 0) is 24.6 Å². The maximum Gasteiger partial charge on any atom is 0.177 e. The number of hydrogen-bond acceptors (Lipinski definition) is 5. The van der Waals surface area contributed by atoms with Gasteiger partial charge in [-0.2, -0.15) is 0 Å². The van der Waals surface area contributed by atoms with Crippen molar-refractivity contribution in [2.75, 3.05) is 32.9 Å². The van der Waals surface area contributed by atoms with E-state index in [2.05, 4.69) is 5.32 Å².